The molecule has 0 aromatic heterocycles. The van der Waals surface area contributed by atoms with Crippen molar-refractivity contribution in [3.8, 4) is 0 Å². The maximum atomic E-state index is 12.1. The van der Waals surface area contributed by atoms with E-state index in [-0.39, 0.29) is 30.3 Å². The molecule has 0 aliphatic heterocycles. The lowest BCUT2D eigenvalue weighted by molar-refractivity contribution is -0.127. The third kappa shape index (κ3) is 3.09. The van der Waals surface area contributed by atoms with Crippen molar-refractivity contribution >= 4 is 30.1 Å². The molecular formula is C12H23ClN2OS. The summed E-state index contributed by atoms with van der Waals surface area (Å²) in [5.41, 5.74) is 6.14. The van der Waals surface area contributed by atoms with E-state index in [1.54, 1.807) is 11.8 Å². The Balaban J connectivity index is 0.00000144. The van der Waals surface area contributed by atoms with Crippen LogP contribution in [0.5, 0.6) is 0 Å². The lowest BCUT2D eigenvalue weighted by atomic mass is 9.84. The number of fused-ring (bicyclic) bond motifs is 2. The third-order valence-electron chi connectivity index (χ3n) is 4.25. The molecule has 100 valence electrons. The number of rotatable bonds is 4. The number of hydrogen-bond acceptors (Lipinski definition) is 3. The molecule has 0 radical (unpaired) electrons. The summed E-state index contributed by atoms with van der Waals surface area (Å²) < 4.78 is 0. The summed E-state index contributed by atoms with van der Waals surface area (Å²) in [5, 5.41) is 3.54. The highest BCUT2D eigenvalue weighted by molar-refractivity contribution is 7.99. The van der Waals surface area contributed by atoms with Crippen LogP contribution in [0.2, 0.25) is 0 Å². The van der Waals surface area contributed by atoms with Gasteiger partial charge in [0.2, 0.25) is 5.91 Å². The van der Waals surface area contributed by atoms with E-state index in [1.807, 2.05) is 0 Å². The quantitative estimate of drug-likeness (QED) is 0.822. The SMILES string of the molecule is CSC(C)CNC(=O)C1C2CCC(C2)C1N.Cl. The molecular weight excluding hydrogens is 256 g/mol. The van der Waals surface area contributed by atoms with E-state index in [0.29, 0.717) is 17.1 Å². The van der Waals surface area contributed by atoms with Gasteiger partial charge in [-0.2, -0.15) is 11.8 Å². The largest absolute Gasteiger partial charge is 0.355 e. The summed E-state index contributed by atoms with van der Waals surface area (Å²) in [7, 11) is 0. The molecule has 5 heteroatoms. The standard InChI is InChI=1S/C12H22N2OS.ClH/c1-7(16-2)6-14-12(15)10-8-3-4-9(5-8)11(10)13;/h7-11H,3-6,13H2,1-2H3,(H,14,15);1H. The topological polar surface area (TPSA) is 55.1 Å². The van der Waals surface area contributed by atoms with Gasteiger partial charge in [-0.1, -0.05) is 6.92 Å². The van der Waals surface area contributed by atoms with Crippen LogP contribution in [0.15, 0.2) is 0 Å². The Bertz CT molecular complexity index is 275. The first kappa shape index (κ1) is 15.1. The second kappa shape index (κ2) is 6.30. The number of nitrogens with two attached hydrogens (primary N) is 1. The Morgan fingerprint density at radius 2 is 2.12 bits per heavy atom. The number of thioether (sulfide) groups is 1. The van der Waals surface area contributed by atoms with E-state index in [4.69, 9.17) is 5.73 Å². The Morgan fingerprint density at radius 3 is 2.65 bits per heavy atom. The molecule has 2 bridgehead atoms. The minimum Gasteiger partial charge on any atom is -0.355 e. The van der Waals surface area contributed by atoms with Crippen LogP contribution in [0.3, 0.4) is 0 Å². The molecule has 0 aromatic rings. The second-order valence-electron chi connectivity index (χ2n) is 5.23. The number of nitrogens with one attached hydrogen (secondary N) is 1. The molecule has 0 heterocycles. The van der Waals surface area contributed by atoms with Gasteiger partial charge in [-0.05, 0) is 37.4 Å². The maximum absolute atomic E-state index is 12.1. The molecule has 2 fully saturated rings. The number of hydrogen-bond donors (Lipinski definition) is 2. The van der Waals surface area contributed by atoms with E-state index in [0.717, 1.165) is 6.54 Å². The lowest BCUT2D eigenvalue weighted by Gasteiger charge is -2.27. The van der Waals surface area contributed by atoms with Crippen molar-refractivity contribution in [1.82, 2.24) is 5.32 Å². The van der Waals surface area contributed by atoms with Gasteiger partial charge in [0.15, 0.2) is 0 Å². The van der Waals surface area contributed by atoms with Crippen LogP contribution >= 0.6 is 24.2 Å². The van der Waals surface area contributed by atoms with Gasteiger partial charge in [0.05, 0.1) is 5.92 Å². The van der Waals surface area contributed by atoms with Crippen molar-refractivity contribution in [2.24, 2.45) is 23.5 Å². The predicted octanol–water partition coefficient (Wildman–Crippen LogP) is 1.65. The average molecular weight is 279 g/mol. The molecule has 5 atom stereocenters. The molecule has 2 rings (SSSR count). The van der Waals surface area contributed by atoms with Gasteiger partial charge < -0.3 is 11.1 Å². The summed E-state index contributed by atoms with van der Waals surface area (Å²) >= 11 is 1.78. The van der Waals surface area contributed by atoms with Gasteiger partial charge in [0, 0.05) is 17.8 Å². The fraction of sp³-hybridized carbons (Fsp3) is 0.917. The summed E-state index contributed by atoms with van der Waals surface area (Å²) in [6.07, 6.45) is 5.68. The van der Waals surface area contributed by atoms with Crippen molar-refractivity contribution in [2.45, 2.75) is 37.5 Å². The van der Waals surface area contributed by atoms with Crippen molar-refractivity contribution in [2.75, 3.05) is 12.8 Å². The lowest BCUT2D eigenvalue weighted by Crippen LogP contribution is -2.46. The van der Waals surface area contributed by atoms with E-state index in [9.17, 15) is 4.79 Å². The summed E-state index contributed by atoms with van der Waals surface area (Å²) in [6, 6.07) is 0.114. The van der Waals surface area contributed by atoms with Crippen molar-refractivity contribution in [3.63, 3.8) is 0 Å². The van der Waals surface area contributed by atoms with Crippen molar-refractivity contribution < 1.29 is 4.79 Å². The van der Waals surface area contributed by atoms with Gasteiger partial charge in [-0.25, -0.2) is 0 Å². The van der Waals surface area contributed by atoms with E-state index >= 15 is 0 Å². The fourth-order valence-corrected chi connectivity index (χ4v) is 3.42. The molecule has 3 N–H and O–H groups in total. The van der Waals surface area contributed by atoms with Crippen LogP contribution in [0.4, 0.5) is 0 Å². The number of halogens is 1. The van der Waals surface area contributed by atoms with Gasteiger partial charge in [0.1, 0.15) is 0 Å². The van der Waals surface area contributed by atoms with Crippen molar-refractivity contribution in [3.05, 3.63) is 0 Å². The van der Waals surface area contributed by atoms with Crippen LogP contribution in [-0.4, -0.2) is 30.0 Å². The Hall–Kier alpha value is 0.0700. The predicted molar refractivity (Wildman–Crippen MR) is 75.5 cm³/mol. The molecule has 1 amide bonds. The minimum atomic E-state index is 0. The van der Waals surface area contributed by atoms with Crippen molar-refractivity contribution in [1.29, 1.82) is 0 Å². The Kier molecular flexibility index (Phi) is 5.61. The first-order valence-electron chi connectivity index (χ1n) is 6.19. The average Bonchev–Trinajstić information content (AvgIpc) is 2.85. The first-order chi connectivity index (χ1) is 7.63. The number of carbonyl (C=O) groups is 1. The number of carbonyl (C=O) groups excluding carboxylic acids is 1. The second-order valence-corrected chi connectivity index (χ2v) is 6.50. The molecule has 5 unspecified atom stereocenters. The number of amides is 1. The summed E-state index contributed by atoms with van der Waals surface area (Å²) in [4.78, 5) is 12.1. The zero-order chi connectivity index (χ0) is 11.7. The monoisotopic (exact) mass is 278 g/mol. The van der Waals surface area contributed by atoms with Crippen LogP contribution < -0.4 is 11.1 Å². The highest BCUT2D eigenvalue weighted by Gasteiger charge is 2.48. The Morgan fingerprint density at radius 1 is 1.47 bits per heavy atom. The molecule has 0 spiro atoms. The van der Waals surface area contributed by atoms with Gasteiger partial charge >= 0.3 is 0 Å². The molecule has 0 aromatic carbocycles. The van der Waals surface area contributed by atoms with Crippen LogP contribution in [-0.2, 0) is 4.79 Å². The Labute approximate surface area is 114 Å². The van der Waals surface area contributed by atoms with E-state index in [1.165, 1.54) is 19.3 Å². The molecule has 17 heavy (non-hydrogen) atoms. The maximum Gasteiger partial charge on any atom is 0.225 e. The molecule has 2 saturated carbocycles. The normalized spacial score (nSPS) is 36.4. The highest BCUT2D eigenvalue weighted by atomic mass is 35.5. The summed E-state index contributed by atoms with van der Waals surface area (Å²) in [5.74, 6) is 1.46. The van der Waals surface area contributed by atoms with Gasteiger partial charge in [-0.15, -0.1) is 12.4 Å². The molecule has 2 aliphatic rings. The van der Waals surface area contributed by atoms with Crippen LogP contribution in [0, 0.1) is 17.8 Å². The van der Waals surface area contributed by atoms with Crippen LogP contribution in [0.25, 0.3) is 0 Å². The minimum absolute atomic E-state index is 0. The van der Waals surface area contributed by atoms with E-state index in [2.05, 4.69) is 18.5 Å². The third-order valence-corrected chi connectivity index (χ3v) is 5.22. The smallest absolute Gasteiger partial charge is 0.225 e. The fourth-order valence-electron chi connectivity index (χ4n) is 3.17. The highest BCUT2D eigenvalue weighted by Crippen LogP contribution is 2.47. The zero-order valence-electron chi connectivity index (χ0n) is 10.5. The zero-order valence-corrected chi connectivity index (χ0v) is 12.2. The molecule has 3 nitrogen and oxygen atoms in total. The summed E-state index contributed by atoms with van der Waals surface area (Å²) in [6.45, 7) is 2.90. The first-order valence-corrected chi connectivity index (χ1v) is 7.48. The van der Waals surface area contributed by atoms with Gasteiger partial charge in [0.25, 0.3) is 0 Å². The van der Waals surface area contributed by atoms with E-state index < -0.39 is 0 Å². The molecule has 2 aliphatic carbocycles. The molecule has 0 saturated heterocycles. The van der Waals surface area contributed by atoms with Crippen LogP contribution in [0.1, 0.15) is 26.2 Å². The van der Waals surface area contributed by atoms with Gasteiger partial charge in [-0.3, -0.25) is 4.79 Å².